The molecule has 0 unspecified atom stereocenters. The summed E-state index contributed by atoms with van der Waals surface area (Å²) >= 11 is 0. The van der Waals surface area contributed by atoms with E-state index in [1.165, 1.54) is 5.56 Å². The van der Waals surface area contributed by atoms with Gasteiger partial charge in [-0.05, 0) is 48.9 Å². The molecule has 28 heavy (non-hydrogen) atoms. The maximum Gasteiger partial charge on any atom is 0.336 e. The van der Waals surface area contributed by atoms with Crippen molar-refractivity contribution < 1.29 is 9.53 Å². The van der Waals surface area contributed by atoms with Crippen LogP contribution in [0.2, 0.25) is 0 Å². The van der Waals surface area contributed by atoms with E-state index < -0.39 is 0 Å². The maximum atomic E-state index is 13.0. The van der Waals surface area contributed by atoms with Gasteiger partial charge in [0.05, 0.1) is 10.9 Å². The fraction of sp³-hybridized carbons (Fsp3) is 0.348. The van der Waals surface area contributed by atoms with E-state index in [-0.39, 0.29) is 6.03 Å². The van der Waals surface area contributed by atoms with Gasteiger partial charge < -0.3 is 15.4 Å². The lowest BCUT2D eigenvalue weighted by Crippen LogP contribution is -2.41. The highest BCUT2D eigenvalue weighted by molar-refractivity contribution is 5.90. The van der Waals surface area contributed by atoms with E-state index in [1.807, 2.05) is 29.2 Å². The zero-order valence-corrected chi connectivity index (χ0v) is 15.9. The molecule has 0 radical (unpaired) electrons. The lowest BCUT2D eigenvalue weighted by Gasteiger charge is -2.32. The first-order chi connectivity index (χ1) is 13.7. The van der Waals surface area contributed by atoms with Crippen LogP contribution in [0.3, 0.4) is 0 Å². The van der Waals surface area contributed by atoms with Gasteiger partial charge in [0, 0.05) is 31.9 Å². The predicted molar refractivity (Wildman–Crippen MR) is 109 cm³/mol. The van der Waals surface area contributed by atoms with Crippen LogP contribution in [0.25, 0.3) is 10.9 Å². The van der Waals surface area contributed by atoms with Crippen LogP contribution in [-0.2, 0) is 6.42 Å². The Balaban J connectivity index is 1.42. The van der Waals surface area contributed by atoms with Crippen LogP contribution < -0.4 is 10.5 Å². The van der Waals surface area contributed by atoms with Crippen LogP contribution in [-0.4, -0.2) is 41.7 Å². The normalized spacial score (nSPS) is 14.8. The lowest BCUT2D eigenvalue weighted by atomic mass is 9.90. The molecule has 1 aromatic heterocycles. The minimum atomic E-state index is -0.0413. The average molecular weight is 375 g/mol. The van der Waals surface area contributed by atoms with Gasteiger partial charge in [0.25, 0.3) is 0 Å². The highest BCUT2D eigenvalue weighted by Gasteiger charge is 2.24. The van der Waals surface area contributed by atoms with Crippen LogP contribution in [0.4, 0.5) is 4.79 Å². The second-order valence-electron chi connectivity index (χ2n) is 7.29. The molecule has 1 saturated heterocycles. The molecule has 0 aliphatic carbocycles. The second kappa shape index (κ2) is 8.37. The van der Waals surface area contributed by atoms with Crippen molar-refractivity contribution in [2.75, 3.05) is 26.2 Å². The molecule has 1 aliphatic heterocycles. The number of nitrogens with zero attached hydrogens (tertiary/aromatic N) is 2. The summed E-state index contributed by atoms with van der Waals surface area (Å²) < 4.78 is 7.15. The molecule has 0 bridgehead atoms. The molecule has 2 aromatic carbocycles. The van der Waals surface area contributed by atoms with Crippen molar-refractivity contribution in [2.45, 2.75) is 19.3 Å². The third-order valence-corrected chi connectivity index (χ3v) is 5.34. The third kappa shape index (κ3) is 3.97. The number of nitrogens with two attached hydrogens (primary N) is 1. The number of fused-ring (bicyclic) bond motifs is 1. The molecule has 144 valence electrons. The van der Waals surface area contributed by atoms with Crippen molar-refractivity contribution >= 4 is 16.9 Å². The molecule has 2 N–H and O–H groups in total. The Kier molecular flexibility index (Phi) is 5.50. The number of amides is 1. The summed E-state index contributed by atoms with van der Waals surface area (Å²) in [6.45, 7) is 2.44. The largest absolute Gasteiger partial charge is 0.492 e. The SMILES string of the molecule is NCCOc1ccc2c#cn(C(=O)N3CCC(Cc4ccccc4)CC3)c2c1. The lowest BCUT2D eigenvalue weighted by molar-refractivity contribution is 0.172. The standard InChI is InChI=1S/C23H25N3O2/c24-11-15-28-21-7-6-20-10-14-26(22(20)17-21)23(27)25-12-8-19(9-13-25)16-18-4-2-1-3-5-18/h1-7,17,19H,8-9,11-13,15-16,24H2. The second-order valence-corrected chi connectivity index (χ2v) is 7.29. The Bertz CT molecular complexity index is 927. The molecule has 1 fully saturated rings. The molecule has 0 atom stereocenters. The molecule has 3 aromatic rings. The monoisotopic (exact) mass is 375 g/mol. The van der Waals surface area contributed by atoms with Crippen LogP contribution in [0, 0.1) is 18.2 Å². The molecule has 5 nitrogen and oxygen atoms in total. The number of hydrogen-bond acceptors (Lipinski definition) is 3. The Morgan fingerprint density at radius 2 is 1.93 bits per heavy atom. The first-order valence-corrected chi connectivity index (χ1v) is 9.86. The topological polar surface area (TPSA) is 60.5 Å². The summed E-state index contributed by atoms with van der Waals surface area (Å²) in [5.41, 5.74) is 7.64. The molecule has 4 rings (SSSR count). The Hall–Kier alpha value is -2.97. The fourth-order valence-corrected chi connectivity index (χ4v) is 3.81. The molecular formula is C23H25N3O2. The number of hydrogen-bond donors (Lipinski definition) is 1. The summed E-state index contributed by atoms with van der Waals surface area (Å²) in [5.74, 6) is 1.33. The van der Waals surface area contributed by atoms with E-state index in [2.05, 4.69) is 36.5 Å². The molecule has 0 saturated carbocycles. The summed E-state index contributed by atoms with van der Waals surface area (Å²) in [4.78, 5) is 15.0. The van der Waals surface area contributed by atoms with E-state index in [4.69, 9.17) is 10.5 Å². The number of aromatic nitrogens is 1. The zero-order chi connectivity index (χ0) is 19.3. The average Bonchev–Trinajstić information content (AvgIpc) is 3.16. The summed E-state index contributed by atoms with van der Waals surface area (Å²) in [6.07, 6.45) is 6.09. The minimum Gasteiger partial charge on any atom is -0.492 e. The third-order valence-electron chi connectivity index (χ3n) is 5.34. The highest BCUT2D eigenvalue weighted by Crippen LogP contribution is 2.24. The molecule has 5 heteroatoms. The van der Waals surface area contributed by atoms with E-state index in [9.17, 15) is 4.79 Å². The van der Waals surface area contributed by atoms with Gasteiger partial charge in [-0.15, -0.1) is 0 Å². The maximum absolute atomic E-state index is 13.0. The Labute approximate surface area is 165 Å². The van der Waals surface area contributed by atoms with Crippen LogP contribution in [0.5, 0.6) is 5.75 Å². The van der Waals surface area contributed by atoms with Gasteiger partial charge in [0.15, 0.2) is 0 Å². The van der Waals surface area contributed by atoms with Gasteiger partial charge >= 0.3 is 6.03 Å². The van der Waals surface area contributed by atoms with Gasteiger partial charge in [-0.2, -0.15) is 0 Å². The summed E-state index contributed by atoms with van der Waals surface area (Å²) in [7, 11) is 0. The predicted octanol–water partition coefficient (Wildman–Crippen LogP) is 3.50. The van der Waals surface area contributed by atoms with E-state index in [0.29, 0.717) is 24.8 Å². The molecule has 1 aliphatic rings. The fourth-order valence-electron chi connectivity index (χ4n) is 3.81. The first kappa shape index (κ1) is 18.4. The number of likely N-dealkylation sites (tertiary alicyclic amines) is 1. The van der Waals surface area contributed by atoms with E-state index in [0.717, 1.165) is 43.3 Å². The molecule has 2 heterocycles. The summed E-state index contributed by atoms with van der Waals surface area (Å²) in [6, 6.07) is 19.2. The number of piperidine rings is 1. The first-order valence-electron chi connectivity index (χ1n) is 9.86. The number of carbonyl (C=O) groups excluding carboxylic acids is 1. The van der Waals surface area contributed by atoms with Gasteiger partial charge in [-0.25, -0.2) is 9.36 Å². The van der Waals surface area contributed by atoms with Crippen molar-refractivity contribution in [3.05, 3.63) is 66.4 Å². The van der Waals surface area contributed by atoms with Crippen LogP contribution in [0.15, 0.2) is 48.5 Å². The van der Waals surface area contributed by atoms with Crippen molar-refractivity contribution in [3.8, 4) is 5.75 Å². The quantitative estimate of drug-likeness (QED) is 0.742. The Morgan fingerprint density at radius 1 is 1.14 bits per heavy atom. The molecule has 1 amide bonds. The van der Waals surface area contributed by atoms with Crippen LogP contribution in [0.1, 0.15) is 18.4 Å². The van der Waals surface area contributed by atoms with Gasteiger partial charge in [-0.1, -0.05) is 30.3 Å². The zero-order valence-electron chi connectivity index (χ0n) is 15.9. The Morgan fingerprint density at radius 3 is 2.68 bits per heavy atom. The van der Waals surface area contributed by atoms with E-state index in [1.54, 1.807) is 4.57 Å². The van der Waals surface area contributed by atoms with Gasteiger partial charge in [0.2, 0.25) is 0 Å². The highest BCUT2D eigenvalue weighted by atomic mass is 16.5. The van der Waals surface area contributed by atoms with Crippen molar-refractivity contribution in [3.63, 3.8) is 0 Å². The smallest absolute Gasteiger partial charge is 0.336 e. The van der Waals surface area contributed by atoms with E-state index >= 15 is 0 Å². The van der Waals surface area contributed by atoms with Crippen molar-refractivity contribution in [1.29, 1.82) is 0 Å². The number of ether oxygens (including phenoxy) is 1. The number of benzene rings is 2. The number of rotatable bonds is 5. The van der Waals surface area contributed by atoms with Gasteiger partial charge in [0.1, 0.15) is 12.4 Å². The number of carbonyl (C=O) groups is 1. The van der Waals surface area contributed by atoms with Crippen LogP contribution >= 0.6 is 0 Å². The van der Waals surface area contributed by atoms with Crippen molar-refractivity contribution in [1.82, 2.24) is 9.47 Å². The molecule has 0 spiro atoms. The molecular weight excluding hydrogens is 350 g/mol. The van der Waals surface area contributed by atoms with Crippen molar-refractivity contribution in [2.24, 2.45) is 11.7 Å². The minimum absolute atomic E-state index is 0.0413. The van der Waals surface area contributed by atoms with Gasteiger partial charge in [-0.3, -0.25) is 0 Å². The summed E-state index contributed by atoms with van der Waals surface area (Å²) in [5, 5.41) is 0.854.